The molecule has 0 aliphatic carbocycles. The molecule has 9 nitrogen and oxygen atoms in total. The largest absolute Gasteiger partial charge is 0.497 e. The molecule has 0 saturated carbocycles. The molecule has 0 spiro atoms. The zero-order chi connectivity index (χ0) is 23.1. The number of hydrogen-bond acceptors (Lipinski definition) is 9. The van der Waals surface area contributed by atoms with Crippen LogP contribution in [0.2, 0.25) is 0 Å². The van der Waals surface area contributed by atoms with Gasteiger partial charge in [0, 0.05) is 24.6 Å². The number of anilines is 2. The molecule has 2 aromatic heterocycles. The monoisotopic (exact) mass is 439 g/mol. The third-order valence-corrected chi connectivity index (χ3v) is 5.12. The van der Waals surface area contributed by atoms with E-state index >= 15 is 0 Å². The van der Waals surface area contributed by atoms with Crippen LogP contribution in [-0.4, -0.2) is 41.2 Å². The summed E-state index contributed by atoms with van der Waals surface area (Å²) < 4.78 is 16.4. The first-order chi connectivity index (χ1) is 15.4. The van der Waals surface area contributed by atoms with Gasteiger partial charge in [-0.05, 0) is 56.0 Å². The lowest BCUT2D eigenvalue weighted by Crippen LogP contribution is -2.07. The van der Waals surface area contributed by atoms with Crippen molar-refractivity contribution in [2.24, 2.45) is 0 Å². The smallest absolute Gasteiger partial charge is 0.305 e. The van der Waals surface area contributed by atoms with Crippen molar-refractivity contribution >= 4 is 28.8 Å². The molecule has 4 N–H and O–H groups in total. The Hall–Kier alpha value is -3.62. The zero-order valence-corrected chi connectivity index (χ0v) is 18.7. The van der Waals surface area contributed by atoms with Crippen LogP contribution in [-0.2, 0) is 16.0 Å². The molecular formula is C23H29N5O4. The van der Waals surface area contributed by atoms with Gasteiger partial charge in [-0.2, -0.15) is 9.97 Å². The molecule has 0 fully saturated rings. The second kappa shape index (κ2) is 10.6. The number of aromatic nitrogens is 3. The zero-order valence-electron chi connectivity index (χ0n) is 18.7. The molecule has 0 aliphatic heterocycles. The van der Waals surface area contributed by atoms with Crippen LogP contribution in [0, 0.1) is 6.92 Å². The third-order valence-electron chi connectivity index (χ3n) is 5.12. The SMILES string of the molecule is CCOC(=O)CCCCOc1ccc(OC)cc1Cc1cnc2nc(N)nc(N)c2c1C. The van der Waals surface area contributed by atoms with Crippen LogP contribution >= 0.6 is 0 Å². The fourth-order valence-corrected chi connectivity index (χ4v) is 3.46. The number of carbonyl (C=O) groups is 1. The summed E-state index contributed by atoms with van der Waals surface area (Å²) in [5, 5.41) is 0.695. The van der Waals surface area contributed by atoms with Gasteiger partial charge in [-0.15, -0.1) is 0 Å². The van der Waals surface area contributed by atoms with Gasteiger partial charge in [0.15, 0.2) is 5.65 Å². The number of carbonyl (C=O) groups excluding carboxylic acids is 1. The van der Waals surface area contributed by atoms with E-state index in [-0.39, 0.29) is 11.9 Å². The Labute approximate surface area is 187 Å². The summed E-state index contributed by atoms with van der Waals surface area (Å²) in [6.45, 7) is 4.66. The minimum absolute atomic E-state index is 0.0982. The lowest BCUT2D eigenvalue weighted by molar-refractivity contribution is -0.143. The van der Waals surface area contributed by atoms with E-state index in [4.69, 9.17) is 25.7 Å². The number of nitrogens with two attached hydrogens (primary N) is 2. The van der Waals surface area contributed by atoms with Crippen molar-refractivity contribution in [3.8, 4) is 11.5 Å². The molecule has 170 valence electrons. The number of aryl methyl sites for hydroxylation is 1. The van der Waals surface area contributed by atoms with Gasteiger partial charge < -0.3 is 25.7 Å². The highest BCUT2D eigenvalue weighted by Crippen LogP contribution is 2.30. The summed E-state index contributed by atoms with van der Waals surface area (Å²) >= 11 is 0. The van der Waals surface area contributed by atoms with Gasteiger partial charge in [-0.3, -0.25) is 4.79 Å². The molecule has 0 bridgehead atoms. The summed E-state index contributed by atoms with van der Waals surface area (Å²) in [4.78, 5) is 24.1. The first-order valence-electron chi connectivity index (χ1n) is 10.6. The van der Waals surface area contributed by atoms with Crippen molar-refractivity contribution in [2.45, 2.75) is 39.5 Å². The van der Waals surface area contributed by atoms with Gasteiger partial charge in [0.2, 0.25) is 5.95 Å². The normalized spacial score (nSPS) is 10.8. The van der Waals surface area contributed by atoms with Gasteiger partial charge >= 0.3 is 5.97 Å². The van der Waals surface area contributed by atoms with Crippen LogP contribution in [0.4, 0.5) is 11.8 Å². The van der Waals surface area contributed by atoms with Crippen molar-refractivity contribution in [3.05, 3.63) is 41.1 Å². The fourth-order valence-electron chi connectivity index (χ4n) is 3.46. The quantitative estimate of drug-likeness (QED) is 0.360. The first kappa shape index (κ1) is 23.1. The summed E-state index contributed by atoms with van der Waals surface area (Å²) in [7, 11) is 1.63. The Morgan fingerprint density at radius 3 is 2.69 bits per heavy atom. The van der Waals surface area contributed by atoms with E-state index in [0.717, 1.165) is 34.6 Å². The molecule has 0 aliphatic rings. The fraction of sp³-hybridized carbons (Fsp3) is 0.391. The third kappa shape index (κ3) is 5.54. The average Bonchev–Trinajstić information content (AvgIpc) is 2.76. The number of fused-ring (bicyclic) bond motifs is 1. The molecular weight excluding hydrogens is 410 g/mol. The molecule has 2 heterocycles. The average molecular weight is 440 g/mol. The van der Waals surface area contributed by atoms with Gasteiger partial charge in [0.05, 0.1) is 25.7 Å². The number of esters is 1. The number of nitrogens with zero attached hydrogens (tertiary/aromatic N) is 3. The van der Waals surface area contributed by atoms with Crippen molar-refractivity contribution in [2.75, 3.05) is 31.8 Å². The molecule has 0 saturated heterocycles. The molecule has 9 heteroatoms. The minimum atomic E-state index is -0.179. The van der Waals surface area contributed by atoms with Crippen LogP contribution in [0.5, 0.6) is 11.5 Å². The maximum atomic E-state index is 11.5. The molecule has 32 heavy (non-hydrogen) atoms. The highest BCUT2D eigenvalue weighted by Gasteiger charge is 2.14. The Morgan fingerprint density at radius 1 is 1.12 bits per heavy atom. The van der Waals surface area contributed by atoms with Crippen LogP contribution in [0.1, 0.15) is 42.9 Å². The molecule has 0 atom stereocenters. The summed E-state index contributed by atoms with van der Waals surface area (Å²) in [6, 6.07) is 5.69. The lowest BCUT2D eigenvalue weighted by Gasteiger charge is -2.15. The van der Waals surface area contributed by atoms with Crippen LogP contribution in [0.15, 0.2) is 24.4 Å². The number of ether oxygens (including phenoxy) is 3. The second-order valence-corrected chi connectivity index (χ2v) is 7.34. The van der Waals surface area contributed by atoms with E-state index in [0.29, 0.717) is 49.3 Å². The van der Waals surface area contributed by atoms with Crippen molar-refractivity contribution < 1.29 is 19.0 Å². The van der Waals surface area contributed by atoms with Gasteiger partial charge in [0.1, 0.15) is 17.3 Å². The number of methoxy groups -OCH3 is 1. The number of pyridine rings is 1. The molecule has 0 unspecified atom stereocenters. The van der Waals surface area contributed by atoms with Crippen LogP contribution in [0.25, 0.3) is 11.0 Å². The van der Waals surface area contributed by atoms with Crippen molar-refractivity contribution in [1.29, 1.82) is 0 Å². The topological polar surface area (TPSA) is 135 Å². The van der Waals surface area contributed by atoms with Gasteiger partial charge in [0.25, 0.3) is 0 Å². The maximum Gasteiger partial charge on any atom is 0.305 e. The molecule has 0 radical (unpaired) electrons. The van der Waals surface area contributed by atoms with E-state index in [1.807, 2.05) is 25.1 Å². The molecule has 0 amide bonds. The van der Waals surface area contributed by atoms with E-state index in [1.54, 1.807) is 20.2 Å². The van der Waals surface area contributed by atoms with E-state index in [9.17, 15) is 4.79 Å². The summed E-state index contributed by atoms with van der Waals surface area (Å²) in [5.74, 6) is 1.71. The van der Waals surface area contributed by atoms with Gasteiger partial charge in [-0.25, -0.2) is 4.98 Å². The highest BCUT2D eigenvalue weighted by atomic mass is 16.5. The highest BCUT2D eigenvalue weighted by molar-refractivity contribution is 5.90. The van der Waals surface area contributed by atoms with E-state index in [1.165, 1.54) is 0 Å². The summed E-state index contributed by atoms with van der Waals surface area (Å²) in [6.07, 6.45) is 4.18. The molecule has 1 aromatic carbocycles. The predicted molar refractivity (Wildman–Crippen MR) is 123 cm³/mol. The second-order valence-electron chi connectivity index (χ2n) is 7.34. The first-order valence-corrected chi connectivity index (χ1v) is 10.6. The maximum absolute atomic E-state index is 11.5. The van der Waals surface area contributed by atoms with E-state index in [2.05, 4.69) is 15.0 Å². The van der Waals surface area contributed by atoms with Crippen molar-refractivity contribution in [3.63, 3.8) is 0 Å². The molecule has 3 rings (SSSR count). The van der Waals surface area contributed by atoms with E-state index < -0.39 is 0 Å². The number of hydrogen-bond donors (Lipinski definition) is 2. The predicted octanol–water partition coefficient (Wildman–Crippen LogP) is 3.21. The number of unbranched alkanes of at least 4 members (excludes halogenated alkanes) is 1. The Kier molecular flexibility index (Phi) is 7.64. The Balaban J connectivity index is 1.77. The Morgan fingerprint density at radius 2 is 1.94 bits per heavy atom. The minimum Gasteiger partial charge on any atom is -0.497 e. The number of nitrogen functional groups attached to an aromatic ring is 2. The molecule has 3 aromatic rings. The summed E-state index contributed by atoms with van der Waals surface area (Å²) in [5.41, 5.74) is 15.1. The lowest BCUT2D eigenvalue weighted by atomic mass is 9.99. The number of rotatable bonds is 10. The van der Waals surface area contributed by atoms with Crippen LogP contribution < -0.4 is 20.9 Å². The van der Waals surface area contributed by atoms with Gasteiger partial charge in [-0.1, -0.05) is 0 Å². The Bertz CT molecular complexity index is 1100. The standard InChI is InChI=1S/C23H29N5O4/c1-4-31-19(29)7-5-6-10-32-18-9-8-17(30-3)12-15(18)11-16-13-26-22-20(14(16)2)21(24)27-23(25)28-22/h8-9,12-13H,4-7,10-11H2,1-3H3,(H4,24,25,26,27,28). The van der Waals surface area contributed by atoms with Crippen molar-refractivity contribution in [1.82, 2.24) is 15.0 Å². The van der Waals surface area contributed by atoms with Crippen LogP contribution in [0.3, 0.4) is 0 Å². The number of benzene rings is 1.